The van der Waals surface area contributed by atoms with Crippen LogP contribution in [0.25, 0.3) is 0 Å². The third kappa shape index (κ3) is 2.98. The third-order valence-electron chi connectivity index (χ3n) is 3.36. The Morgan fingerprint density at radius 1 is 1.53 bits per heavy atom. The van der Waals surface area contributed by atoms with Gasteiger partial charge in [0.2, 0.25) is 0 Å². The Hall–Kier alpha value is -1.53. The fourth-order valence-electron chi connectivity index (χ4n) is 2.34. The fraction of sp³-hybridized carbons (Fsp3) is 0.500. The molecule has 0 spiro atoms. The first-order chi connectivity index (χ1) is 8.31. The van der Waals surface area contributed by atoms with E-state index in [9.17, 15) is 0 Å². The molecule has 1 aromatic carbocycles. The van der Waals surface area contributed by atoms with Crippen molar-refractivity contribution >= 4 is 5.69 Å². The van der Waals surface area contributed by atoms with E-state index in [0.29, 0.717) is 5.92 Å². The number of nitrogens with zero attached hydrogens (tertiary/aromatic N) is 1. The summed E-state index contributed by atoms with van der Waals surface area (Å²) in [6.07, 6.45) is 2.53. The van der Waals surface area contributed by atoms with E-state index in [1.807, 2.05) is 25.1 Å². The number of hydrogen-bond donors (Lipinski definition) is 2. The topological polar surface area (TPSA) is 47.9 Å². The first-order valence-electron chi connectivity index (χ1n) is 6.25. The molecule has 1 aliphatic rings. The van der Waals surface area contributed by atoms with Crippen molar-refractivity contribution < 1.29 is 0 Å². The smallest absolute Gasteiger partial charge is 0.101 e. The molecule has 0 aliphatic carbocycles. The van der Waals surface area contributed by atoms with E-state index < -0.39 is 0 Å². The number of para-hydroxylation sites is 1. The summed E-state index contributed by atoms with van der Waals surface area (Å²) < 4.78 is 0. The van der Waals surface area contributed by atoms with Crippen molar-refractivity contribution in [1.82, 2.24) is 5.32 Å². The lowest BCUT2D eigenvalue weighted by molar-refractivity contribution is 0.393. The van der Waals surface area contributed by atoms with Gasteiger partial charge in [-0.25, -0.2) is 0 Å². The van der Waals surface area contributed by atoms with Crippen LogP contribution in [0.4, 0.5) is 5.69 Å². The molecule has 3 heteroatoms. The summed E-state index contributed by atoms with van der Waals surface area (Å²) in [6, 6.07) is 8.09. The monoisotopic (exact) mass is 229 g/mol. The van der Waals surface area contributed by atoms with Gasteiger partial charge in [0.15, 0.2) is 0 Å². The molecule has 0 amide bonds. The second kappa shape index (κ2) is 5.70. The molecular formula is C14H19N3. The van der Waals surface area contributed by atoms with Gasteiger partial charge in [-0.1, -0.05) is 12.1 Å². The molecule has 2 N–H and O–H groups in total. The van der Waals surface area contributed by atoms with Gasteiger partial charge in [0.1, 0.15) is 6.07 Å². The number of anilines is 1. The Kier molecular flexibility index (Phi) is 4.00. The molecule has 0 bridgehead atoms. The summed E-state index contributed by atoms with van der Waals surface area (Å²) in [5, 5.41) is 15.9. The number of rotatable bonds is 3. The Morgan fingerprint density at radius 3 is 3.12 bits per heavy atom. The number of aryl methyl sites for hydroxylation is 1. The molecule has 1 fully saturated rings. The maximum atomic E-state index is 9.08. The molecule has 1 unspecified atom stereocenters. The van der Waals surface area contributed by atoms with Crippen LogP contribution in [-0.2, 0) is 0 Å². The van der Waals surface area contributed by atoms with Crippen molar-refractivity contribution in [2.45, 2.75) is 19.8 Å². The summed E-state index contributed by atoms with van der Waals surface area (Å²) in [4.78, 5) is 0. The van der Waals surface area contributed by atoms with Crippen LogP contribution in [0.3, 0.4) is 0 Å². The van der Waals surface area contributed by atoms with E-state index in [0.717, 1.165) is 36.4 Å². The van der Waals surface area contributed by atoms with Crippen LogP contribution < -0.4 is 10.6 Å². The minimum Gasteiger partial charge on any atom is -0.383 e. The summed E-state index contributed by atoms with van der Waals surface area (Å²) >= 11 is 0. The lowest BCUT2D eigenvalue weighted by atomic mass is 9.99. The van der Waals surface area contributed by atoms with E-state index in [2.05, 4.69) is 16.7 Å². The fourth-order valence-corrected chi connectivity index (χ4v) is 2.34. The number of hydrogen-bond acceptors (Lipinski definition) is 3. The van der Waals surface area contributed by atoms with Crippen molar-refractivity contribution in [3.63, 3.8) is 0 Å². The molecule has 2 rings (SSSR count). The van der Waals surface area contributed by atoms with Crippen LogP contribution in [0, 0.1) is 24.2 Å². The molecule has 0 radical (unpaired) electrons. The summed E-state index contributed by atoms with van der Waals surface area (Å²) in [5.41, 5.74) is 2.89. The summed E-state index contributed by atoms with van der Waals surface area (Å²) in [7, 11) is 0. The number of nitriles is 1. The predicted octanol–water partition coefficient (Wildman–Crippen LogP) is 2.28. The molecule has 0 saturated carbocycles. The van der Waals surface area contributed by atoms with E-state index in [1.165, 1.54) is 12.8 Å². The highest BCUT2D eigenvalue weighted by atomic mass is 14.9. The zero-order chi connectivity index (χ0) is 12.1. The average molecular weight is 229 g/mol. The Bertz CT molecular complexity index is 414. The molecule has 17 heavy (non-hydrogen) atoms. The van der Waals surface area contributed by atoms with E-state index in [-0.39, 0.29) is 0 Å². The highest BCUT2D eigenvalue weighted by Gasteiger charge is 2.13. The van der Waals surface area contributed by atoms with Crippen LogP contribution in [-0.4, -0.2) is 19.6 Å². The van der Waals surface area contributed by atoms with E-state index >= 15 is 0 Å². The second-order valence-electron chi connectivity index (χ2n) is 4.70. The van der Waals surface area contributed by atoms with Crippen molar-refractivity contribution in [3.8, 4) is 6.07 Å². The van der Waals surface area contributed by atoms with E-state index in [1.54, 1.807) is 0 Å². The van der Waals surface area contributed by atoms with Crippen LogP contribution >= 0.6 is 0 Å². The van der Waals surface area contributed by atoms with Gasteiger partial charge in [-0.3, -0.25) is 0 Å². The maximum absolute atomic E-state index is 9.08. The minimum absolute atomic E-state index is 0.676. The molecule has 1 aromatic rings. The SMILES string of the molecule is Cc1cccc(C#N)c1NCC1CCCNC1. The number of nitrogens with one attached hydrogen (secondary N) is 2. The second-order valence-corrected chi connectivity index (χ2v) is 4.70. The molecule has 1 heterocycles. The van der Waals surface area contributed by atoms with Crippen molar-refractivity contribution in [1.29, 1.82) is 5.26 Å². The van der Waals surface area contributed by atoms with Crippen LogP contribution in [0.2, 0.25) is 0 Å². The molecule has 1 atom stereocenters. The van der Waals surface area contributed by atoms with Crippen molar-refractivity contribution in [3.05, 3.63) is 29.3 Å². The highest BCUT2D eigenvalue weighted by molar-refractivity contribution is 5.62. The number of piperidine rings is 1. The van der Waals surface area contributed by atoms with Gasteiger partial charge in [0.05, 0.1) is 11.3 Å². The molecule has 90 valence electrons. The van der Waals surface area contributed by atoms with Crippen LogP contribution in [0.15, 0.2) is 18.2 Å². The summed E-state index contributed by atoms with van der Waals surface area (Å²) in [6.45, 7) is 5.22. The first-order valence-corrected chi connectivity index (χ1v) is 6.25. The van der Waals surface area contributed by atoms with Gasteiger partial charge >= 0.3 is 0 Å². The highest BCUT2D eigenvalue weighted by Crippen LogP contribution is 2.21. The molecular weight excluding hydrogens is 210 g/mol. The van der Waals surface area contributed by atoms with Gasteiger partial charge in [0, 0.05) is 6.54 Å². The third-order valence-corrected chi connectivity index (χ3v) is 3.36. The lowest BCUT2D eigenvalue weighted by Gasteiger charge is -2.24. The minimum atomic E-state index is 0.676. The predicted molar refractivity (Wildman–Crippen MR) is 70.0 cm³/mol. The normalized spacial score (nSPS) is 19.6. The van der Waals surface area contributed by atoms with Gasteiger partial charge in [0.25, 0.3) is 0 Å². The quantitative estimate of drug-likeness (QED) is 0.836. The molecule has 3 nitrogen and oxygen atoms in total. The van der Waals surface area contributed by atoms with E-state index in [4.69, 9.17) is 5.26 Å². The maximum Gasteiger partial charge on any atom is 0.101 e. The molecule has 1 aliphatic heterocycles. The zero-order valence-corrected chi connectivity index (χ0v) is 10.3. The van der Waals surface area contributed by atoms with Gasteiger partial charge in [-0.05, 0) is 50.4 Å². The van der Waals surface area contributed by atoms with Gasteiger partial charge in [-0.15, -0.1) is 0 Å². The Balaban J connectivity index is 2.00. The van der Waals surface area contributed by atoms with Crippen LogP contribution in [0.5, 0.6) is 0 Å². The standard InChI is InChI=1S/C14H19N3/c1-11-4-2-6-13(8-15)14(11)17-10-12-5-3-7-16-9-12/h2,4,6,12,16-17H,3,5,7,9-10H2,1H3. The number of benzene rings is 1. The largest absolute Gasteiger partial charge is 0.383 e. The first kappa shape index (κ1) is 11.9. The summed E-state index contributed by atoms with van der Waals surface area (Å²) in [5.74, 6) is 0.676. The van der Waals surface area contributed by atoms with Crippen LogP contribution in [0.1, 0.15) is 24.0 Å². The lowest BCUT2D eigenvalue weighted by Crippen LogP contribution is -2.33. The average Bonchev–Trinajstić information content (AvgIpc) is 2.38. The van der Waals surface area contributed by atoms with Gasteiger partial charge in [-0.2, -0.15) is 5.26 Å². The zero-order valence-electron chi connectivity index (χ0n) is 10.3. The van der Waals surface area contributed by atoms with Crippen molar-refractivity contribution in [2.24, 2.45) is 5.92 Å². The van der Waals surface area contributed by atoms with Crippen molar-refractivity contribution in [2.75, 3.05) is 25.0 Å². The van der Waals surface area contributed by atoms with Gasteiger partial charge < -0.3 is 10.6 Å². The Morgan fingerprint density at radius 2 is 2.41 bits per heavy atom. The molecule has 1 saturated heterocycles. The molecule has 0 aromatic heterocycles. The Labute approximate surface area is 103 Å².